The molecule has 3 rings (SSSR count). The molecule has 0 aliphatic heterocycles. The molecule has 98 valence electrons. The number of thiophene rings is 1. The molecule has 4 heteroatoms. The van der Waals surface area contributed by atoms with Crippen LogP contribution in [0.15, 0.2) is 35.7 Å². The molecule has 19 heavy (non-hydrogen) atoms. The molecule has 1 aromatic carbocycles. The van der Waals surface area contributed by atoms with Crippen molar-refractivity contribution in [2.45, 2.75) is 25.4 Å². The number of benzene rings is 1. The van der Waals surface area contributed by atoms with Gasteiger partial charge in [0.2, 0.25) is 0 Å². The number of hydrogen-bond acceptors (Lipinski definition) is 3. The second-order valence-corrected chi connectivity index (χ2v) is 5.83. The van der Waals surface area contributed by atoms with E-state index in [1.807, 2.05) is 11.4 Å². The first-order valence-corrected chi connectivity index (χ1v) is 7.19. The maximum Gasteiger partial charge on any atom is 0.150 e. The van der Waals surface area contributed by atoms with Gasteiger partial charge < -0.3 is 4.90 Å². The summed E-state index contributed by atoms with van der Waals surface area (Å²) in [5.74, 6) is -0.351. The summed E-state index contributed by atoms with van der Waals surface area (Å²) in [7, 11) is 0. The largest absolute Gasteiger partial charge is 0.363 e. The summed E-state index contributed by atoms with van der Waals surface area (Å²) in [6.07, 6.45) is 2.97. The Hall–Kier alpha value is -1.68. The normalized spacial score (nSPS) is 14.4. The second kappa shape index (κ2) is 5.13. The Kier molecular flexibility index (Phi) is 3.34. The third kappa shape index (κ3) is 2.84. The van der Waals surface area contributed by atoms with Crippen LogP contribution in [0.4, 0.5) is 10.1 Å². The fraction of sp³-hybridized carbons (Fsp3) is 0.267. The molecule has 0 unspecified atom stereocenters. The summed E-state index contributed by atoms with van der Waals surface area (Å²) >= 11 is 1.70. The molecular weight excluding hydrogens is 261 g/mol. The van der Waals surface area contributed by atoms with Gasteiger partial charge >= 0.3 is 0 Å². The van der Waals surface area contributed by atoms with Crippen LogP contribution >= 0.6 is 11.3 Å². The lowest BCUT2D eigenvalue weighted by molar-refractivity contribution is 0.112. The molecule has 0 bridgehead atoms. The standard InChI is InChI=1S/C15H14FNOS/c16-12-6-11(10-18)7-14(8-12)17(13-3-4-13)9-15-2-1-5-19-15/h1-2,5-8,10,13H,3-4,9H2. The molecular formula is C15H14FNOS. The van der Waals surface area contributed by atoms with Gasteiger partial charge in [0, 0.05) is 22.2 Å². The fourth-order valence-electron chi connectivity index (χ4n) is 2.22. The van der Waals surface area contributed by atoms with E-state index in [4.69, 9.17) is 0 Å². The summed E-state index contributed by atoms with van der Waals surface area (Å²) in [5.41, 5.74) is 1.20. The SMILES string of the molecule is O=Cc1cc(F)cc(N(Cc2cccs2)C2CC2)c1. The van der Waals surface area contributed by atoms with Crippen LogP contribution in [-0.4, -0.2) is 12.3 Å². The topological polar surface area (TPSA) is 20.3 Å². The van der Waals surface area contributed by atoms with Gasteiger partial charge in [-0.05, 0) is 42.5 Å². The molecule has 0 radical (unpaired) electrons. The number of carbonyl (C=O) groups excluding carboxylic acids is 1. The van der Waals surface area contributed by atoms with Crippen molar-refractivity contribution in [1.29, 1.82) is 0 Å². The van der Waals surface area contributed by atoms with Crippen LogP contribution in [0.25, 0.3) is 0 Å². The molecule has 0 spiro atoms. The molecule has 2 nitrogen and oxygen atoms in total. The quantitative estimate of drug-likeness (QED) is 0.772. The summed E-state index contributed by atoms with van der Waals surface area (Å²) < 4.78 is 13.6. The highest BCUT2D eigenvalue weighted by atomic mass is 32.1. The molecule has 2 aromatic rings. The van der Waals surface area contributed by atoms with E-state index >= 15 is 0 Å². The lowest BCUT2D eigenvalue weighted by Gasteiger charge is -2.24. The van der Waals surface area contributed by atoms with Gasteiger partial charge in [0.25, 0.3) is 0 Å². The summed E-state index contributed by atoms with van der Waals surface area (Å²) in [6.45, 7) is 0.782. The molecule has 0 amide bonds. The third-order valence-corrected chi connectivity index (χ3v) is 4.13. The van der Waals surface area contributed by atoms with Gasteiger partial charge in [-0.1, -0.05) is 6.07 Å². The Morgan fingerprint density at radius 1 is 1.37 bits per heavy atom. The van der Waals surface area contributed by atoms with Gasteiger partial charge in [-0.3, -0.25) is 4.79 Å². The van der Waals surface area contributed by atoms with Gasteiger partial charge in [0.1, 0.15) is 12.1 Å². The highest BCUT2D eigenvalue weighted by molar-refractivity contribution is 7.09. The van der Waals surface area contributed by atoms with Crippen molar-refractivity contribution in [1.82, 2.24) is 0 Å². The van der Waals surface area contributed by atoms with E-state index in [1.165, 1.54) is 17.0 Å². The minimum absolute atomic E-state index is 0.351. The van der Waals surface area contributed by atoms with E-state index < -0.39 is 0 Å². The van der Waals surface area contributed by atoms with Crippen LogP contribution in [0.5, 0.6) is 0 Å². The predicted molar refractivity (Wildman–Crippen MR) is 75.3 cm³/mol. The average Bonchev–Trinajstić information content (AvgIpc) is 3.12. The van der Waals surface area contributed by atoms with Crippen LogP contribution < -0.4 is 4.90 Å². The molecule has 1 heterocycles. The average molecular weight is 275 g/mol. The van der Waals surface area contributed by atoms with Crippen molar-refractivity contribution in [2.24, 2.45) is 0 Å². The zero-order valence-electron chi connectivity index (χ0n) is 10.4. The van der Waals surface area contributed by atoms with Crippen molar-refractivity contribution in [2.75, 3.05) is 4.90 Å². The first-order chi connectivity index (χ1) is 9.26. The molecule has 1 saturated carbocycles. The second-order valence-electron chi connectivity index (χ2n) is 4.80. The van der Waals surface area contributed by atoms with E-state index in [1.54, 1.807) is 17.4 Å². The van der Waals surface area contributed by atoms with E-state index in [-0.39, 0.29) is 5.82 Å². The number of hydrogen-bond donors (Lipinski definition) is 0. The van der Waals surface area contributed by atoms with Crippen LogP contribution in [0.1, 0.15) is 28.1 Å². The van der Waals surface area contributed by atoms with Crippen LogP contribution in [-0.2, 0) is 6.54 Å². The zero-order chi connectivity index (χ0) is 13.2. The van der Waals surface area contributed by atoms with Gasteiger partial charge in [-0.2, -0.15) is 0 Å². The minimum Gasteiger partial charge on any atom is -0.363 e. The minimum atomic E-state index is -0.351. The Bertz CT molecular complexity index is 578. The maximum absolute atomic E-state index is 13.6. The Balaban J connectivity index is 1.91. The zero-order valence-corrected chi connectivity index (χ0v) is 11.2. The molecule has 0 atom stereocenters. The lowest BCUT2D eigenvalue weighted by Crippen LogP contribution is -2.24. The summed E-state index contributed by atoms with van der Waals surface area (Å²) in [6, 6.07) is 9.13. The van der Waals surface area contributed by atoms with Gasteiger partial charge in [0.15, 0.2) is 0 Å². The third-order valence-electron chi connectivity index (χ3n) is 3.27. The van der Waals surface area contributed by atoms with Gasteiger partial charge in [-0.15, -0.1) is 11.3 Å². The fourth-order valence-corrected chi connectivity index (χ4v) is 2.92. The summed E-state index contributed by atoms with van der Waals surface area (Å²) in [4.78, 5) is 14.3. The van der Waals surface area contributed by atoms with E-state index in [9.17, 15) is 9.18 Å². The number of rotatable bonds is 5. The number of nitrogens with zero attached hydrogens (tertiary/aromatic N) is 1. The molecule has 1 aliphatic carbocycles. The monoisotopic (exact) mass is 275 g/mol. The van der Waals surface area contributed by atoms with Gasteiger partial charge in [0.05, 0.1) is 6.54 Å². The van der Waals surface area contributed by atoms with E-state index in [0.717, 1.165) is 25.1 Å². The molecule has 1 fully saturated rings. The van der Waals surface area contributed by atoms with Crippen molar-refractivity contribution in [3.8, 4) is 0 Å². The van der Waals surface area contributed by atoms with Crippen molar-refractivity contribution in [3.63, 3.8) is 0 Å². The van der Waals surface area contributed by atoms with Gasteiger partial charge in [-0.25, -0.2) is 4.39 Å². The maximum atomic E-state index is 13.6. The molecule has 0 N–H and O–H groups in total. The Labute approximate surface area is 115 Å². The highest BCUT2D eigenvalue weighted by Crippen LogP contribution is 2.34. The molecule has 1 aliphatic rings. The van der Waals surface area contributed by atoms with Crippen molar-refractivity contribution in [3.05, 3.63) is 52.0 Å². The number of aldehydes is 1. The van der Waals surface area contributed by atoms with E-state index in [0.29, 0.717) is 17.9 Å². The Morgan fingerprint density at radius 2 is 2.21 bits per heavy atom. The van der Waals surface area contributed by atoms with E-state index in [2.05, 4.69) is 11.0 Å². The van der Waals surface area contributed by atoms with Crippen LogP contribution in [0, 0.1) is 5.82 Å². The first-order valence-electron chi connectivity index (χ1n) is 6.31. The molecule has 1 aromatic heterocycles. The number of halogens is 1. The molecule has 0 saturated heterocycles. The highest BCUT2D eigenvalue weighted by Gasteiger charge is 2.29. The first kappa shape index (κ1) is 12.4. The van der Waals surface area contributed by atoms with Crippen molar-refractivity contribution < 1.29 is 9.18 Å². The van der Waals surface area contributed by atoms with Crippen LogP contribution in [0.2, 0.25) is 0 Å². The number of carbonyl (C=O) groups is 1. The van der Waals surface area contributed by atoms with Crippen LogP contribution in [0.3, 0.4) is 0 Å². The summed E-state index contributed by atoms with van der Waals surface area (Å²) in [5, 5.41) is 2.04. The predicted octanol–water partition coefficient (Wildman–Crippen LogP) is 3.87. The Morgan fingerprint density at radius 3 is 2.84 bits per heavy atom. The lowest BCUT2D eigenvalue weighted by atomic mass is 10.2. The van der Waals surface area contributed by atoms with Crippen molar-refractivity contribution >= 4 is 23.3 Å². The smallest absolute Gasteiger partial charge is 0.150 e. The number of anilines is 1.